The Morgan fingerprint density at radius 1 is 0.852 bits per heavy atom. The number of phenolic OH excluding ortho intramolecular Hbond substituents is 1. The molecule has 0 radical (unpaired) electrons. The lowest BCUT2D eigenvalue weighted by molar-refractivity contribution is 0.212. The molecule has 146 valence electrons. The lowest BCUT2D eigenvalue weighted by Crippen LogP contribution is -2.24. The molecule has 3 heteroatoms. The van der Waals surface area contributed by atoms with Gasteiger partial charge in [0.1, 0.15) is 11.3 Å². The van der Waals surface area contributed by atoms with Crippen LogP contribution in [0.3, 0.4) is 0 Å². The molecule has 27 heavy (non-hydrogen) atoms. The van der Waals surface area contributed by atoms with Gasteiger partial charge in [0.25, 0.3) is 0 Å². The molecule has 2 rings (SSSR count). The zero-order chi connectivity index (χ0) is 20.5. The molecule has 0 aliphatic carbocycles. The van der Waals surface area contributed by atoms with Crippen molar-refractivity contribution in [1.82, 2.24) is 0 Å². The Kier molecular flexibility index (Phi) is 5.86. The van der Waals surface area contributed by atoms with Gasteiger partial charge in [0.15, 0.2) is 0 Å². The highest BCUT2D eigenvalue weighted by Crippen LogP contribution is 2.37. The van der Waals surface area contributed by atoms with Crippen molar-refractivity contribution in [2.45, 2.75) is 64.8 Å². The number of aliphatic hydroxyl groups is 1. The van der Waals surface area contributed by atoms with Gasteiger partial charge < -0.3 is 10.2 Å². The predicted octanol–water partition coefficient (Wildman–Crippen LogP) is 5.31. The molecule has 0 aliphatic heterocycles. The van der Waals surface area contributed by atoms with Crippen LogP contribution in [0, 0.1) is 0 Å². The number of aromatic hydroxyl groups is 1. The molecular formula is C24H33NO2. The van der Waals surface area contributed by atoms with Crippen LogP contribution in [-0.2, 0) is 16.4 Å². The van der Waals surface area contributed by atoms with E-state index in [1.54, 1.807) is 6.21 Å². The number of rotatable bonds is 4. The number of aliphatic imine (C=N–C) groups is 1. The highest BCUT2D eigenvalue weighted by atomic mass is 16.3. The van der Waals surface area contributed by atoms with E-state index in [1.165, 1.54) is 0 Å². The van der Waals surface area contributed by atoms with Crippen LogP contribution in [0.2, 0.25) is 0 Å². The van der Waals surface area contributed by atoms with E-state index in [1.807, 2.05) is 43.3 Å². The Labute approximate surface area is 163 Å². The van der Waals surface area contributed by atoms with E-state index in [9.17, 15) is 10.2 Å². The van der Waals surface area contributed by atoms with Gasteiger partial charge in [-0.2, -0.15) is 0 Å². The van der Waals surface area contributed by atoms with Gasteiger partial charge in [-0.3, -0.25) is 4.99 Å². The Balaban J connectivity index is 2.59. The zero-order valence-electron chi connectivity index (χ0n) is 17.7. The van der Waals surface area contributed by atoms with Crippen molar-refractivity contribution in [1.29, 1.82) is 0 Å². The Morgan fingerprint density at radius 3 is 1.93 bits per heavy atom. The molecule has 2 aromatic rings. The molecule has 2 aromatic carbocycles. The number of benzene rings is 2. The van der Waals surface area contributed by atoms with Crippen LogP contribution in [0.1, 0.15) is 70.7 Å². The molecule has 0 heterocycles. The van der Waals surface area contributed by atoms with Crippen molar-refractivity contribution in [2.75, 3.05) is 6.61 Å². The molecule has 1 atom stereocenters. The maximum atomic E-state index is 10.9. The van der Waals surface area contributed by atoms with Crippen molar-refractivity contribution in [3.05, 3.63) is 64.7 Å². The summed E-state index contributed by atoms with van der Waals surface area (Å²) in [5.74, 6) is 0.257. The molecule has 0 amide bonds. The van der Waals surface area contributed by atoms with Crippen molar-refractivity contribution >= 4 is 6.21 Å². The maximum absolute atomic E-state index is 10.9. The SMILES string of the molecule is CC(C)(C)c1cc(C=N[C@@](C)(CO)c2ccccc2)c(O)c(C(C)(C)C)c1. The fourth-order valence-electron chi connectivity index (χ4n) is 2.98. The summed E-state index contributed by atoms with van der Waals surface area (Å²) in [6.07, 6.45) is 1.70. The zero-order valence-corrected chi connectivity index (χ0v) is 17.7. The number of aliphatic hydroxyl groups excluding tert-OH is 1. The minimum Gasteiger partial charge on any atom is -0.507 e. The van der Waals surface area contributed by atoms with Crippen LogP contribution in [-0.4, -0.2) is 23.0 Å². The van der Waals surface area contributed by atoms with Crippen molar-refractivity contribution < 1.29 is 10.2 Å². The number of phenols is 1. The van der Waals surface area contributed by atoms with Crippen molar-refractivity contribution in [3.63, 3.8) is 0 Å². The first-order valence-electron chi connectivity index (χ1n) is 9.48. The highest BCUT2D eigenvalue weighted by molar-refractivity contribution is 5.85. The first-order chi connectivity index (χ1) is 12.4. The fourth-order valence-corrected chi connectivity index (χ4v) is 2.98. The van der Waals surface area contributed by atoms with Gasteiger partial charge in [0.05, 0.1) is 6.61 Å². The standard InChI is InChI=1S/C24H33NO2/c1-22(2,3)19-13-17(21(27)20(14-19)23(4,5)6)15-25-24(7,16-26)18-11-9-8-10-12-18/h8-15,26-27H,16H2,1-7H3/t24-/m0/s1. The summed E-state index contributed by atoms with van der Waals surface area (Å²) >= 11 is 0. The topological polar surface area (TPSA) is 52.8 Å². The average molecular weight is 368 g/mol. The van der Waals surface area contributed by atoms with Gasteiger partial charge in [-0.05, 0) is 34.9 Å². The summed E-state index contributed by atoms with van der Waals surface area (Å²) in [4.78, 5) is 4.69. The van der Waals surface area contributed by atoms with Crippen LogP contribution < -0.4 is 0 Å². The molecule has 0 saturated carbocycles. The third kappa shape index (κ3) is 4.78. The number of hydrogen-bond donors (Lipinski definition) is 2. The summed E-state index contributed by atoms with van der Waals surface area (Å²) in [5.41, 5.74) is 2.69. The van der Waals surface area contributed by atoms with E-state index in [4.69, 9.17) is 0 Å². The summed E-state index contributed by atoms with van der Waals surface area (Å²) in [6.45, 7) is 14.6. The molecule has 3 nitrogen and oxygen atoms in total. The molecule has 0 aromatic heterocycles. The van der Waals surface area contributed by atoms with Crippen LogP contribution in [0.4, 0.5) is 0 Å². The monoisotopic (exact) mass is 367 g/mol. The second-order valence-electron chi connectivity index (χ2n) is 9.52. The van der Waals surface area contributed by atoms with Crippen LogP contribution in [0.15, 0.2) is 47.5 Å². The quantitative estimate of drug-likeness (QED) is 0.719. The normalized spacial score (nSPS) is 15.1. The van der Waals surface area contributed by atoms with E-state index in [2.05, 4.69) is 52.6 Å². The summed E-state index contributed by atoms with van der Waals surface area (Å²) < 4.78 is 0. The van der Waals surface area contributed by atoms with Gasteiger partial charge in [0, 0.05) is 17.3 Å². The van der Waals surface area contributed by atoms with E-state index >= 15 is 0 Å². The van der Waals surface area contributed by atoms with Crippen LogP contribution >= 0.6 is 0 Å². The number of hydrogen-bond acceptors (Lipinski definition) is 3. The average Bonchev–Trinajstić information content (AvgIpc) is 2.59. The largest absolute Gasteiger partial charge is 0.507 e. The molecular weight excluding hydrogens is 334 g/mol. The Morgan fingerprint density at radius 2 is 1.44 bits per heavy atom. The van der Waals surface area contributed by atoms with E-state index < -0.39 is 5.54 Å². The molecule has 0 spiro atoms. The lowest BCUT2D eigenvalue weighted by atomic mass is 9.79. The smallest absolute Gasteiger partial charge is 0.128 e. The minimum absolute atomic E-state index is 0.0456. The van der Waals surface area contributed by atoms with Crippen LogP contribution in [0.25, 0.3) is 0 Å². The third-order valence-corrected chi connectivity index (χ3v) is 5.01. The molecule has 0 bridgehead atoms. The highest BCUT2D eigenvalue weighted by Gasteiger charge is 2.26. The Bertz CT molecular complexity index is 811. The van der Waals surface area contributed by atoms with Gasteiger partial charge in [-0.25, -0.2) is 0 Å². The second-order valence-corrected chi connectivity index (χ2v) is 9.52. The second kappa shape index (κ2) is 7.47. The van der Waals surface area contributed by atoms with Crippen LogP contribution in [0.5, 0.6) is 5.75 Å². The third-order valence-electron chi connectivity index (χ3n) is 5.01. The molecule has 0 aliphatic rings. The summed E-state index contributed by atoms with van der Waals surface area (Å²) in [7, 11) is 0. The van der Waals surface area contributed by atoms with E-state index in [0.29, 0.717) is 5.56 Å². The molecule has 0 saturated heterocycles. The lowest BCUT2D eigenvalue weighted by Gasteiger charge is -2.27. The molecule has 0 fully saturated rings. The predicted molar refractivity (Wildman–Crippen MR) is 114 cm³/mol. The molecule has 2 N–H and O–H groups in total. The van der Waals surface area contributed by atoms with Gasteiger partial charge in [-0.1, -0.05) is 77.9 Å². The fraction of sp³-hybridized carbons (Fsp3) is 0.458. The molecule has 0 unspecified atom stereocenters. The van der Waals surface area contributed by atoms with Crippen molar-refractivity contribution in [3.8, 4) is 5.75 Å². The minimum atomic E-state index is -0.757. The van der Waals surface area contributed by atoms with Gasteiger partial charge in [-0.15, -0.1) is 0 Å². The van der Waals surface area contributed by atoms with E-state index in [0.717, 1.165) is 16.7 Å². The summed E-state index contributed by atoms with van der Waals surface area (Å²) in [5, 5.41) is 20.9. The first kappa shape index (κ1) is 21.2. The maximum Gasteiger partial charge on any atom is 0.128 e. The summed E-state index contributed by atoms with van der Waals surface area (Å²) in [6, 6.07) is 13.8. The Hall–Kier alpha value is -2.13. The number of nitrogens with zero attached hydrogens (tertiary/aromatic N) is 1. The van der Waals surface area contributed by atoms with E-state index in [-0.39, 0.29) is 23.2 Å². The van der Waals surface area contributed by atoms with Gasteiger partial charge in [0.2, 0.25) is 0 Å². The first-order valence-corrected chi connectivity index (χ1v) is 9.48. The van der Waals surface area contributed by atoms with Gasteiger partial charge >= 0.3 is 0 Å². The van der Waals surface area contributed by atoms with Crippen molar-refractivity contribution in [2.24, 2.45) is 4.99 Å².